The van der Waals surface area contributed by atoms with Crippen molar-refractivity contribution in [2.24, 2.45) is 5.73 Å². The van der Waals surface area contributed by atoms with Gasteiger partial charge in [-0.3, -0.25) is 0 Å². The molecule has 0 spiro atoms. The van der Waals surface area contributed by atoms with Gasteiger partial charge in [0.2, 0.25) is 0 Å². The normalized spacial score (nSPS) is 15.8. The Bertz CT molecular complexity index is 299. The van der Waals surface area contributed by atoms with E-state index < -0.39 is 12.0 Å². The Morgan fingerprint density at radius 2 is 2.08 bits per heavy atom. The van der Waals surface area contributed by atoms with E-state index in [2.05, 4.69) is 0 Å². The van der Waals surface area contributed by atoms with Crippen LogP contribution in [0.5, 0.6) is 5.75 Å². The maximum Gasteiger partial charge on any atom is 0.260 e. The number of aromatic hydroxyl groups is 1. The zero-order valence-electron chi connectivity index (χ0n) is 7.17. The summed E-state index contributed by atoms with van der Waals surface area (Å²) in [5.41, 5.74) is 3.90. The third-order valence-electron chi connectivity index (χ3n) is 1.92. The third-order valence-corrected chi connectivity index (χ3v) is 1.92. The first kappa shape index (κ1) is 9.92. The van der Waals surface area contributed by atoms with Gasteiger partial charge in [-0.25, -0.2) is 8.78 Å². The van der Waals surface area contributed by atoms with Crippen LogP contribution in [-0.2, 0) is 5.54 Å². The highest BCUT2D eigenvalue weighted by Gasteiger charge is 2.32. The number of alkyl halides is 2. The Morgan fingerprint density at radius 1 is 1.46 bits per heavy atom. The fourth-order valence-electron chi connectivity index (χ4n) is 0.967. The van der Waals surface area contributed by atoms with E-state index >= 15 is 0 Å². The first-order valence-electron chi connectivity index (χ1n) is 3.81. The molecule has 72 valence electrons. The summed E-state index contributed by atoms with van der Waals surface area (Å²) < 4.78 is 24.8. The van der Waals surface area contributed by atoms with E-state index in [1.54, 1.807) is 0 Å². The monoisotopic (exact) mass is 187 g/mol. The quantitative estimate of drug-likeness (QED) is 0.742. The highest BCUT2D eigenvalue weighted by molar-refractivity contribution is 5.32. The predicted octanol–water partition coefficient (Wildman–Crippen LogP) is 1.83. The number of halogens is 2. The number of benzene rings is 1. The average Bonchev–Trinajstić information content (AvgIpc) is 2.04. The molecule has 13 heavy (non-hydrogen) atoms. The number of phenolic OH excluding ortho intramolecular Hbond substituents is 1. The van der Waals surface area contributed by atoms with E-state index in [4.69, 9.17) is 10.8 Å². The van der Waals surface area contributed by atoms with Crippen LogP contribution in [0.1, 0.15) is 12.5 Å². The van der Waals surface area contributed by atoms with Gasteiger partial charge in [-0.05, 0) is 24.6 Å². The van der Waals surface area contributed by atoms with E-state index in [1.807, 2.05) is 0 Å². The largest absolute Gasteiger partial charge is 0.508 e. The van der Waals surface area contributed by atoms with Crippen LogP contribution < -0.4 is 5.73 Å². The molecule has 3 N–H and O–H groups in total. The van der Waals surface area contributed by atoms with Crippen molar-refractivity contribution in [1.82, 2.24) is 0 Å². The van der Waals surface area contributed by atoms with Gasteiger partial charge in [0, 0.05) is 0 Å². The summed E-state index contributed by atoms with van der Waals surface area (Å²) in [4.78, 5) is 0. The molecule has 0 radical (unpaired) electrons. The molecule has 0 aliphatic rings. The molecule has 0 fully saturated rings. The molecule has 0 saturated carbocycles. The average molecular weight is 187 g/mol. The van der Waals surface area contributed by atoms with E-state index in [9.17, 15) is 8.78 Å². The Balaban J connectivity index is 3.07. The van der Waals surface area contributed by atoms with Gasteiger partial charge in [-0.2, -0.15) is 0 Å². The summed E-state index contributed by atoms with van der Waals surface area (Å²) in [6, 6.07) is 5.60. The van der Waals surface area contributed by atoms with Crippen LogP contribution in [0.25, 0.3) is 0 Å². The number of nitrogens with two attached hydrogens (primary N) is 1. The molecule has 0 aliphatic carbocycles. The summed E-state index contributed by atoms with van der Waals surface area (Å²) in [6.45, 7) is 1.23. The number of phenols is 1. The van der Waals surface area contributed by atoms with Crippen molar-refractivity contribution in [2.75, 3.05) is 0 Å². The van der Waals surface area contributed by atoms with Crippen molar-refractivity contribution in [3.05, 3.63) is 29.8 Å². The molecule has 0 saturated heterocycles. The van der Waals surface area contributed by atoms with Crippen molar-refractivity contribution in [3.63, 3.8) is 0 Å². The summed E-state index contributed by atoms with van der Waals surface area (Å²) in [6.07, 6.45) is -2.66. The minimum absolute atomic E-state index is 0.0603. The molecule has 1 atom stereocenters. The molecule has 4 heteroatoms. The highest BCUT2D eigenvalue weighted by Crippen LogP contribution is 2.27. The molecular weight excluding hydrogens is 176 g/mol. The van der Waals surface area contributed by atoms with E-state index in [0.29, 0.717) is 0 Å². The Labute approximate surface area is 75.0 Å². The lowest BCUT2D eigenvalue weighted by molar-refractivity contribution is 0.0624. The summed E-state index contributed by atoms with van der Waals surface area (Å²) >= 11 is 0. The zero-order valence-corrected chi connectivity index (χ0v) is 7.17. The fraction of sp³-hybridized carbons (Fsp3) is 0.333. The van der Waals surface area contributed by atoms with Crippen molar-refractivity contribution >= 4 is 0 Å². The maximum atomic E-state index is 12.4. The van der Waals surface area contributed by atoms with Crippen LogP contribution in [0.4, 0.5) is 8.78 Å². The van der Waals surface area contributed by atoms with Crippen LogP contribution in [0.15, 0.2) is 24.3 Å². The van der Waals surface area contributed by atoms with Crippen LogP contribution in [-0.4, -0.2) is 11.5 Å². The van der Waals surface area contributed by atoms with Gasteiger partial charge < -0.3 is 10.8 Å². The van der Waals surface area contributed by atoms with Crippen molar-refractivity contribution in [2.45, 2.75) is 18.9 Å². The van der Waals surface area contributed by atoms with Gasteiger partial charge in [-0.1, -0.05) is 12.1 Å². The van der Waals surface area contributed by atoms with Crippen molar-refractivity contribution < 1.29 is 13.9 Å². The molecule has 1 unspecified atom stereocenters. The van der Waals surface area contributed by atoms with Crippen molar-refractivity contribution in [1.29, 1.82) is 0 Å². The Morgan fingerprint density at radius 3 is 2.54 bits per heavy atom. The molecule has 2 nitrogen and oxygen atoms in total. The van der Waals surface area contributed by atoms with Crippen LogP contribution in [0.3, 0.4) is 0 Å². The van der Waals surface area contributed by atoms with E-state index in [-0.39, 0.29) is 11.3 Å². The van der Waals surface area contributed by atoms with Gasteiger partial charge in [-0.15, -0.1) is 0 Å². The SMILES string of the molecule is CC(N)(c1cccc(O)c1)C(F)F. The van der Waals surface area contributed by atoms with Crippen molar-refractivity contribution in [3.8, 4) is 5.75 Å². The number of rotatable bonds is 2. The van der Waals surface area contributed by atoms with Crippen LogP contribution in [0, 0.1) is 0 Å². The Kier molecular flexibility index (Phi) is 2.52. The van der Waals surface area contributed by atoms with Gasteiger partial charge >= 0.3 is 0 Å². The maximum absolute atomic E-state index is 12.4. The fourth-order valence-corrected chi connectivity index (χ4v) is 0.967. The number of hydrogen-bond acceptors (Lipinski definition) is 2. The highest BCUT2D eigenvalue weighted by atomic mass is 19.3. The van der Waals surface area contributed by atoms with Gasteiger partial charge in [0.15, 0.2) is 0 Å². The van der Waals surface area contributed by atoms with Crippen LogP contribution in [0.2, 0.25) is 0 Å². The first-order chi connectivity index (χ1) is 5.94. The summed E-state index contributed by atoms with van der Waals surface area (Å²) in [5.74, 6) is -0.0603. The molecule has 0 bridgehead atoms. The second kappa shape index (κ2) is 3.30. The third kappa shape index (κ3) is 1.95. The summed E-state index contributed by atoms with van der Waals surface area (Å²) in [7, 11) is 0. The topological polar surface area (TPSA) is 46.2 Å². The minimum atomic E-state index is -2.66. The lowest BCUT2D eigenvalue weighted by Gasteiger charge is -2.23. The number of hydrogen-bond donors (Lipinski definition) is 2. The molecule has 1 rings (SSSR count). The molecule has 1 aromatic carbocycles. The Hall–Kier alpha value is -1.16. The molecule has 0 amide bonds. The standard InChI is InChI=1S/C9H11F2NO/c1-9(12,8(10)11)6-3-2-4-7(13)5-6/h2-5,8,13H,12H2,1H3. The lowest BCUT2D eigenvalue weighted by Crippen LogP contribution is -2.40. The van der Waals surface area contributed by atoms with Gasteiger partial charge in [0.05, 0.1) is 5.54 Å². The lowest BCUT2D eigenvalue weighted by atomic mass is 9.94. The minimum Gasteiger partial charge on any atom is -0.508 e. The molecule has 1 aromatic rings. The molecular formula is C9H11F2NO. The van der Waals surface area contributed by atoms with E-state index in [1.165, 1.54) is 31.2 Å². The first-order valence-corrected chi connectivity index (χ1v) is 3.81. The second-order valence-corrected chi connectivity index (χ2v) is 3.13. The van der Waals surface area contributed by atoms with Gasteiger partial charge in [0.25, 0.3) is 6.43 Å². The van der Waals surface area contributed by atoms with Gasteiger partial charge in [0.1, 0.15) is 5.75 Å². The zero-order chi connectivity index (χ0) is 10.1. The smallest absolute Gasteiger partial charge is 0.260 e. The molecule has 0 heterocycles. The molecule has 0 aliphatic heterocycles. The van der Waals surface area contributed by atoms with Crippen LogP contribution >= 0.6 is 0 Å². The summed E-state index contributed by atoms with van der Waals surface area (Å²) in [5, 5.41) is 9.06. The van der Waals surface area contributed by atoms with E-state index in [0.717, 1.165) is 0 Å². The second-order valence-electron chi connectivity index (χ2n) is 3.13. The molecule has 0 aromatic heterocycles. The predicted molar refractivity (Wildman–Crippen MR) is 45.7 cm³/mol.